The fourth-order valence-corrected chi connectivity index (χ4v) is 2.00. The molecule has 3 N–H and O–H groups in total. The summed E-state index contributed by atoms with van der Waals surface area (Å²) in [6, 6.07) is 15.0. The van der Waals surface area contributed by atoms with Gasteiger partial charge in [0.25, 0.3) is 0 Å². The molecule has 0 unspecified atom stereocenters. The van der Waals surface area contributed by atoms with Crippen LogP contribution in [0, 0.1) is 0 Å². The van der Waals surface area contributed by atoms with Crippen LogP contribution < -0.4 is 10.5 Å². The molecule has 0 spiro atoms. The van der Waals surface area contributed by atoms with E-state index in [1.807, 2.05) is 48.5 Å². The number of aliphatic carboxylic acids is 1. The minimum atomic E-state index is -0.847. The Bertz CT molecular complexity index is 596. The first-order chi connectivity index (χ1) is 9.70. The van der Waals surface area contributed by atoms with Crippen molar-refractivity contribution in [2.24, 2.45) is 5.73 Å². The quantitative estimate of drug-likeness (QED) is 0.846. The van der Waals surface area contributed by atoms with E-state index in [1.54, 1.807) is 0 Å². The van der Waals surface area contributed by atoms with Crippen LogP contribution in [0.4, 0.5) is 0 Å². The summed E-state index contributed by atoms with van der Waals surface area (Å²) < 4.78 is 5.76. The highest BCUT2D eigenvalue weighted by molar-refractivity contribution is 5.70. The zero-order chi connectivity index (χ0) is 14.4. The molecule has 2 aromatic carbocycles. The van der Waals surface area contributed by atoms with Crippen LogP contribution in [-0.4, -0.2) is 11.1 Å². The van der Waals surface area contributed by atoms with E-state index in [0.29, 0.717) is 13.2 Å². The summed E-state index contributed by atoms with van der Waals surface area (Å²) in [5.74, 6) is -0.111. The highest BCUT2D eigenvalue weighted by Crippen LogP contribution is 2.20. The van der Waals surface area contributed by atoms with Gasteiger partial charge in [-0.25, -0.2) is 0 Å². The Balaban J connectivity index is 2.12. The third-order valence-electron chi connectivity index (χ3n) is 3.04. The summed E-state index contributed by atoms with van der Waals surface area (Å²) in [6.07, 6.45) is -0.00192. The predicted molar refractivity (Wildman–Crippen MR) is 76.4 cm³/mol. The minimum absolute atomic E-state index is 0.00192. The number of hydrogen-bond acceptors (Lipinski definition) is 3. The second kappa shape index (κ2) is 6.73. The molecule has 0 saturated carbocycles. The lowest BCUT2D eigenvalue weighted by molar-refractivity contribution is -0.136. The second-order valence-corrected chi connectivity index (χ2v) is 4.44. The maximum atomic E-state index is 10.8. The molecule has 2 rings (SSSR count). The number of benzene rings is 2. The molecular formula is C16H17NO3. The Morgan fingerprint density at radius 3 is 2.25 bits per heavy atom. The molecule has 0 amide bonds. The first-order valence-corrected chi connectivity index (χ1v) is 6.40. The van der Waals surface area contributed by atoms with E-state index >= 15 is 0 Å². The number of carbonyl (C=O) groups is 1. The molecule has 4 heteroatoms. The minimum Gasteiger partial charge on any atom is -0.489 e. The largest absolute Gasteiger partial charge is 0.489 e. The van der Waals surface area contributed by atoms with E-state index in [0.717, 1.165) is 22.4 Å². The SMILES string of the molecule is NCc1ccccc1OCc1ccccc1CC(=O)O. The van der Waals surface area contributed by atoms with Crippen molar-refractivity contribution in [3.8, 4) is 5.75 Å². The lowest BCUT2D eigenvalue weighted by atomic mass is 10.1. The van der Waals surface area contributed by atoms with E-state index in [1.165, 1.54) is 0 Å². The monoisotopic (exact) mass is 271 g/mol. The Kier molecular flexibility index (Phi) is 4.74. The zero-order valence-electron chi connectivity index (χ0n) is 11.1. The lowest BCUT2D eigenvalue weighted by Gasteiger charge is -2.12. The predicted octanol–water partition coefficient (Wildman–Crippen LogP) is 2.35. The van der Waals surface area contributed by atoms with E-state index in [2.05, 4.69) is 0 Å². The van der Waals surface area contributed by atoms with E-state index in [-0.39, 0.29) is 6.42 Å². The molecule has 0 fully saturated rings. The van der Waals surface area contributed by atoms with Crippen LogP contribution in [0.1, 0.15) is 16.7 Å². The smallest absolute Gasteiger partial charge is 0.307 e. The van der Waals surface area contributed by atoms with Crippen LogP contribution in [0.2, 0.25) is 0 Å². The van der Waals surface area contributed by atoms with Gasteiger partial charge in [0, 0.05) is 12.1 Å². The maximum absolute atomic E-state index is 10.8. The van der Waals surface area contributed by atoms with Gasteiger partial charge in [-0.15, -0.1) is 0 Å². The average Bonchev–Trinajstić information content (AvgIpc) is 2.46. The Labute approximate surface area is 117 Å². The van der Waals surface area contributed by atoms with Gasteiger partial charge in [-0.2, -0.15) is 0 Å². The van der Waals surface area contributed by atoms with Crippen molar-refractivity contribution in [2.45, 2.75) is 19.6 Å². The van der Waals surface area contributed by atoms with Crippen LogP contribution in [0.15, 0.2) is 48.5 Å². The van der Waals surface area contributed by atoms with Crippen molar-refractivity contribution in [3.63, 3.8) is 0 Å². The highest BCUT2D eigenvalue weighted by atomic mass is 16.5. The van der Waals surface area contributed by atoms with Crippen LogP contribution in [0.3, 0.4) is 0 Å². The number of carboxylic acid groups (broad SMARTS) is 1. The molecule has 0 radical (unpaired) electrons. The summed E-state index contributed by atoms with van der Waals surface area (Å²) in [7, 11) is 0. The fraction of sp³-hybridized carbons (Fsp3) is 0.188. The van der Waals surface area contributed by atoms with Crippen molar-refractivity contribution in [1.29, 1.82) is 0 Å². The first-order valence-electron chi connectivity index (χ1n) is 6.40. The normalized spacial score (nSPS) is 10.2. The molecular weight excluding hydrogens is 254 g/mol. The van der Waals surface area contributed by atoms with Crippen molar-refractivity contribution in [2.75, 3.05) is 0 Å². The highest BCUT2D eigenvalue weighted by Gasteiger charge is 2.08. The van der Waals surface area contributed by atoms with Crippen LogP contribution >= 0.6 is 0 Å². The van der Waals surface area contributed by atoms with Gasteiger partial charge in [0.05, 0.1) is 6.42 Å². The molecule has 4 nitrogen and oxygen atoms in total. The van der Waals surface area contributed by atoms with E-state index in [4.69, 9.17) is 15.6 Å². The summed E-state index contributed by atoms with van der Waals surface area (Å²) >= 11 is 0. The number of rotatable bonds is 6. The summed E-state index contributed by atoms with van der Waals surface area (Å²) in [5, 5.41) is 8.90. The first kappa shape index (κ1) is 14.1. The average molecular weight is 271 g/mol. The maximum Gasteiger partial charge on any atom is 0.307 e. The Hall–Kier alpha value is -2.33. The summed E-state index contributed by atoms with van der Waals surface area (Å²) in [4.78, 5) is 10.8. The third-order valence-corrected chi connectivity index (χ3v) is 3.04. The Morgan fingerprint density at radius 2 is 1.60 bits per heavy atom. The second-order valence-electron chi connectivity index (χ2n) is 4.44. The van der Waals surface area contributed by atoms with Gasteiger partial charge in [-0.1, -0.05) is 42.5 Å². The van der Waals surface area contributed by atoms with Gasteiger partial charge in [0.2, 0.25) is 0 Å². The number of para-hydroxylation sites is 1. The standard InChI is InChI=1S/C16H17NO3/c17-10-13-6-3-4-8-15(13)20-11-14-7-2-1-5-12(14)9-16(18)19/h1-8H,9-11,17H2,(H,18,19). The van der Waals surface area contributed by atoms with Crippen LogP contribution in [0.5, 0.6) is 5.75 Å². The van der Waals surface area contributed by atoms with Gasteiger partial charge in [-0.05, 0) is 17.2 Å². The van der Waals surface area contributed by atoms with Gasteiger partial charge in [0.1, 0.15) is 12.4 Å². The molecule has 0 saturated heterocycles. The van der Waals surface area contributed by atoms with Gasteiger partial charge >= 0.3 is 5.97 Å². The van der Waals surface area contributed by atoms with Crippen LogP contribution in [0.25, 0.3) is 0 Å². The van der Waals surface area contributed by atoms with E-state index < -0.39 is 5.97 Å². The van der Waals surface area contributed by atoms with Crippen LogP contribution in [-0.2, 0) is 24.4 Å². The molecule has 104 valence electrons. The molecule has 0 heterocycles. The molecule has 2 aromatic rings. The van der Waals surface area contributed by atoms with Crippen molar-refractivity contribution in [1.82, 2.24) is 0 Å². The lowest BCUT2D eigenvalue weighted by Crippen LogP contribution is -2.07. The van der Waals surface area contributed by atoms with Crippen molar-refractivity contribution in [3.05, 3.63) is 65.2 Å². The molecule has 20 heavy (non-hydrogen) atoms. The fourth-order valence-electron chi connectivity index (χ4n) is 2.00. The number of carboxylic acids is 1. The molecule has 0 aliphatic carbocycles. The van der Waals surface area contributed by atoms with Gasteiger partial charge in [-0.3, -0.25) is 4.79 Å². The summed E-state index contributed by atoms with van der Waals surface area (Å²) in [6.45, 7) is 0.743. The molecule has 0 bridgehead atoms. The number of hydrogen-bond donors (Lipinski definition) is 2. The van der Waals surface area contributed by atoms with Gasteiger partial charge in [0.15, 0.2) is 0 Å². The van der Waals surface area contributed by atoms with Crippen molar-refractivity contribution >= 4 is 5.97 Å². The van der Waals surface area contributed by atoms with E-state index in [9.17, 15) is 4.79 Å². The molecule has 0 aromatic heterocycles. The molecule has 0 atom stereocenters. The molecule has 0 aliphatic rings. The Morgan fingerprint density at radius 1 is 1.00 bits per heavy atom. The zero-order valence-corrected chi connectivity index (χ0v) is 11.1. The summed E-state index contributed by atoms with van der Waals surface area (Å²) in [5.41, 5.74) is 8.24. The topological polar surface area (TPSA) is 72.5 Å². The molecule has 0 aliphatic heterocycles. The van der Waals surface area contributed by atoms with Gasteiger partial charge < -0.3 is 15.6 Å². The number of nitrogens with two attached hydrogens (primary N) is 1. The third kappa shape index (κ3) is 3.59. The van der Waals surface area contributed by atoms with Crippen molar-refractivity contribution < 1.29 is 14.6 Å². The number of ether oxygens (including phenoxy) is 1.